The van der Waals surface area contributed by atoms with Gasteiger partial charge in [-0.05, 0) is 26.8 Å². The van der Waals surface area contributed by atoms with E-state index in [0.717, 1.165) is 10.7 Å². The van der Waals surface area contributed by atoms with Crippen LogP contribution in [0.15, 0.2) is 16.7 Å². The van der Waals surface area contributed by atoms with E-state index in [4.69, 9.17) is 4.52 Å². The van der Waals surface area contributed by atoms with E-state index in [9.17, 15) is 18.0 Å². The second-order valence-corrected chi connectivity index (χ2v) is 4.60. The Bertz CT molecular complexity index is 660. The van der Waals surface area contributed by atoms with Crippen molar-refractivity contribution in [2.75, 3.05) is 5.32 Å². The summed E-state index contributed by atoms with van der Waals surface area (Å²) >= 11 is 0. The van der Waals surface area contributed by atoms with E-state index < -0.39 is 23.8 Å². The maximum Gasteiger partial charge on any atom is 0.435 e. The van der Waals surface area contributed by atoms with Crippen LogP contribution in [0, 0.1) is 13.8 Å². The Morgan fingerprint density at radius 3 is 2.52 bits per heavy atom. The van der Waals surface area contributed by atoms with Gasteiger partial charge >= 0.3 is 6.18 Å². The van der Waals surface area contributed by atoms with Gasteiger partial charge in [-0.2, -0.15) is 18.3 Å². The van der Waals surface area contributed by atoms with Gasteiger partial charge in [0.2, 0.25) is 5.91 Å². The zero-order valence-electron chi connectivity index (χ0n) is 11.5. The van der Waals surface area contributed by atoms with Crippen LogP contribution in [0.2, 0.25) is 0 Å². The highest BCUT2D eigenvalue weighted by Gasteiger charge is 2.35. The zero-order valence-corrected chi connectivity index (χ0v) is 11.5. The summed E-state index contributed by atoms with van der Waals surface area (Å²) in [6.45, 7) is 4.55. The molecule has 1 N–H and O–H groups in total. The van der Waals surface area contributed by atoms with Crippen molar-refractivity contribution in [1.29, 1.82) is 0 Å². The smallest absolute Gasteiger partial charge is 0.360 e. The predicted molar refractivity (Wildman–Crippen MR) is 66.5 cm³/mol. The molecule has 0 fully saturated rings. The number of hydrogen-bond acceptors (Lipinski definition) is 4. The van der Waals surface area contributed by atoms with Gasteiger partial charge in [0.15, 0.2) is 11.5 Å². The van der Waals surface area contributed by atoms with Crippen molar-refractivity contribution < 1.29 is 22.5 Å². The fourth-order valence-electron chi connectivity index (χ4n) is 1.79. The number of nitrogens with zero attached hydrogens (tertiary/aromatic N) is 3. The molecule has 0 radical (unpaired) electrons. The van der Waals surface area contributed by atoms with Crippen LogP contribution < -0.4 is 5.32 Å². The first-order chi connectivity index (χ1) is 9.68. The maximum atomic E-state index is 12.6. The van der Waals surface area contributed by atoms with Gasteiger partial charge in [-0.1, -0.05) is 5.16 Å². The zero-order chi connectivity index (χ0) is 15.8. The van der Waals surface area contributed by atoms with E-state index >= 15 is 0 Å². The summed E-state index contributed by atoms with van der Waals surface area (Å²) in [5.74, 6) is 0.168. The lowest BCUT2D eigenvalue weighted by Gasteiger charge is -2.13. The number of aryl methyl sites for hydroxylation is 2. The van der Waals surface area contributed by atoms with Crippen molar-refractivity contribution in [3.63, 3.8) is 0 Å². The van der Waals surface area contributed by atoms with E-state index in [2.05, 4.69) is 15.6 Å². The number of amides is 1. The number of nitrogens with one attached hydrogen (secondary N) is 1. The molecule has 0 aliphatic carbocycles. The van der Waals surface area contributed by atoms with Crippen LogP contribution in [0.4, 0.5) is 19.0 Å². The van der Waals surface area contributed by atoms with Crippen molar-refractivity contribution in [3.8, 4) is 0 Å². The summed E-state index contributed by atoms with van der Waals surface area (Å²) in [6.07, 6.45) is -4.55. The van der Waals surface area contributed by atoms with E-state index in [1.807, 2.05) is 0 Å². The normalized spacial score (nSPS) is 13.2. The largest absolute Gasteiger partial charge is 0.435 e. The topological polar surface area (TPSA) is 73.0 Å². The molecule has 114 valence electrons. The van der Waals surface area contributed by atoms with E-state index in [1.165, 1.54) is 19.9 Å². The van der Waals surface area contributed by atoms with Crippen molar-refractivity contribution in [2.45, 2.75) is 33.0 Å². The van der Waals surface area contributed by atoms with Gasteiger partial charge in [-0.3, -0.25) is 9.48 Å². The minimum atomic E-state index is -4.55. The summed E-state index contributed by atoms with van der Waals surface area (Å²) in [4.78, 5) is 12.0. The summed E-state index contributed by atoms with van der Waals surface area (Å²) < 4.78 is 43.6. The Hall–Kier alpha value is -2.32. The third-order valence-corrected chi connectivity index (χ3v) is 2.84. The number of rotatable bonds is 3. The lowest BCUT2D eigenvalue weighted by Crippen LogP contribution is -2.25. The molecule has 0 bridgehead atoms. The number of alkyl halides is 3. The second-order valence-electron chi connectivity index (χ2n) is 4.60. The summed E-state index contributed by atoms with van der Waals surface area (Å²) in [7, 11) is 0. The first-order valence-electron chi connectivity index (χ1n) is 6.06. The molecule has 0 aliphatic heterocycles. The Morgan fingerprint density at radius 1 is 1.38 bits per heavy atom. The highest BCUT2D eigenvalue weighted by atomic mass is 19.4. The molecular formula is C12H13F3N4O2. The van der Waals surface area contributed by atoms with Gasteiger partial charge in [-0.15, -0.1) is 0 Å². The fraction of sp³-hybridized carbons (Fsp3) is 0.417. The standard InChI is InChI=1S/C12H13F3N4O2/c1-6-4-9(12(13,14)15)17-19(6)8(3)11(20)16-10-5-7(2)21-18-10/h4-5,8H,1-3H3,(H,16,18,20)/t8-/m1/s1. The quantitative estimate of drug-likeness (QED) is 0.946. The monoisotopic (exact) mass is 302 g/mol. The van der Waals surface area contributed by atoms with Crippen LogP contribution in [-0.2, 0) is 11.0 Å². The van der Waals surface area contributed by atoms with Crippen LogP contribution >= 0.6 is 0 Å². The Kier molecular flexibility index (Phi) is 3.75. The first kappa shape index (κ1) is 15.1. The van der Waals surface area contributed by atoms with Gasteiger partial charge < -0.3 is 9.84 Å². The SMILES string of the molecule is Cc1cc(NC(=O)[C@@H](C)n2nc(C(F)(F)F)cc2C)no1. The number of carbonyl (C=O) groups excluding carboxylic acids is 1. The average Bonchev–Trinajstić information content (AvgIpc) is 2.94. The molecule has 9 heteroatoms. The third kappa shape index (κ3) is 3.23. The van der Waals surface area contributed by atoms with E-state index in [1.54, 1.807) is 6.92 Å². The van der Waals surface area contributed by atoms with Gasteiger partial charge in [0, 0.05) is 11.8 Å². The molecule has 6 nitrogen and oxygen atoms in total. The number of anilines is 1. The molecule has 21 heavy (non-hydrogen) atoms. The molecule has 0 spiro atoms. The van der Waals surface area contributed by atoms with E-state index in [0.29, 0.717) is 5.76 Å². The first-order valence-corrected chi connectivity index (χ1v) is 6.06. The van der Waals surface area contributed by atoms with Crippen LogP contribution in [0.25, 0.3) is 0 Å². The molecule has 0 saturated carbocycles. The van der Waals surface area contributed by atoms with Crippen LogP contribution in [-0.4, -0.2) is 20.8 Å². The lowest BCUT2D eigenvalue weighted by atomic mass is 10.3. The van der Waals surface area contributed by atoms with Crippen LogP contribution in [0.3, 0.4) is 0 Å². The number of halogens is 3. The lowest BCUT2D eigenvalue weighted by molar-refractivity contribution is -0.141. The Balaban J connectivity index is 2.17. The highest BCUT2D eigenvalue weighted by Crippen LogP contribution is 2.29. The molecule has 0 saturated heterocycles. The molecular weight excluding hydrogens is 289 g/mol. The molecule has 0 unspecified atom stereocenters. The molecule has 2 aromatic rings. The fourth-order valence-corrected chi connectivity index (χ4v) is 1.79. The van der Waals surface area contributed by atoms with Gasteiger partial charge in [0.1, 0.15) is 11.8 Å². The molecule has 0 aromatic carbocycles. The molecule has 2 rings (SSSR count). The van der Waals surface area contributed by atoms with Gasteiger partial charge in [0.25, 0.3) is 0 Å². The van der Waals surface area contributed by atoms with Crippen LogP contribution in [0.5, 0.6) is 0 Å². The molecule has 1 atom stereocenters. The number of carbonyl (C=O) groups is 1. The van der Waals surface area contributed by atoms with Gasteiger partial charge in [0.05, 0.1) is 0 Å². The molecule has 1 amide bonds. The van der Waals surface area contributed by atoms with Gasteiger partial charge in [-0.25, -0.2) is 0 Å². The number of aromatic nitrogens is 3. The number of hydrogen-bond donors (Lipinski definition) is 1. The second kappa shape index (κ2) is 5.23. The van der Waals surface area contributed by atoms with Crippen LogP contribution in [0.1, 0.15) is 30.1 Å². The minimum absolute atomic E-state index is 0.199. The minimum Gasteiger partial charge on any atom is -0.360 e. The van der Waals surface area contributed by atoms with Crippen molar-refractivity contribution in [3.05, 3.63) is 29.3 Å². The highest BCUT2D eigenvalue weighted by molar-refractivity contribution is 5.92. The molecule has 2 aromatic heterocycles. The van der Waals surface area contributed by atoms with Crippen molar-refractivity contribution in [2.24, 2.45) is 0 Å². The van der Waals surface area contributed by atoms with Crippen molar-refractivity contribution >= 4 is 11.7 Å². The summed E-state index contributed by atoms with van der Waals surface area (Å²) in [5.41, 5.74) is -0.793. The summed E-state index contributed by atoms with van der Waals surface area (Å²) in [6, 6.07) is 1.48. The maximum absolute atomic E-state index is 12.6. The Morgan fingerprint density at radius 2 is 2.05 bits per heavy atom. The van der Waals surface area contributed by atoms with E-state index in [-0.39, 0.29) is 11.5 Å². The summed E-state index contributed by atoms with van der Waals surface area (Å²) in [5, 5.41) is 9.47. The third-order valence-electron chi connectivity index (χ3n) is 2.84. The average molecular weight is 302 g/mol. The van der Waals surface area contributed by atoms with Crippen molar-refractivity contribution in [1.82, 2.24) is 14.9 Å². The predicted octanol–water partition coefficient (Wildman–Crippen LogP) is 2.71. The molecule has 2 heterocycles. The molecule has 0 aliphatic rings. The Labute approximate surface area is 117 Å².